The van der Waals surface area contributed by atoms with E-state index in [0.29, 0.717) is 5.52 Å². The van der Waals surface area contributed by atoms with E-state index in [2.05, 4.69) is 15.3 Å². The van der Waals surface area contributed by atoms with E-state index in [4.69, 9.17) is 0 Å². The molecular weight excluding hydrogens is 394 g/mol. The van der Waals surface area contributed by atoms with Gasteiger partial charge in [0.25, 0.3) is 5.91 Å². The summed E-state index contributed by atoms with van der Waals surface area (Å²) in [5, 5.41) is 11.8. The average Bonchev–Trinajstić information content (AvgIpc) is 3.09. The van der Waals surface area contributed by atoms with Gasteiger partial charge >= 0.3 is 0 Å². The van der Waals surface area contributed by atoms with Crippen molar-refractivity contribution >= 4 is 32.7 Å². The first-order valence-corrected chi connectivity index (χ1v) is 9.61. The number of sulfonamides is 1. The molecule has 3 N–H and O–H groups in total. The first-order valence-electron chi connectivity index (χ1n) is 8.17. The number of imidazole rings is 1. The Balaban J connectivity index is 1.72. The first kappa shape index (κ1) is 18.5. The predicted octanol–water partition coefficient (Wildman–Crippen LogP) is 1.46. The van der Waals surface area contributed by atoms with Crippen LogP contribution in [0.25, 0.3) is 11.0 Å². The third-order valence-corrected chi connectivity index (χ3v) is 6.20. The molecule has 1 aliphatic rings. The molecule has 1 amide bonds. The third kappa shape index (κ3) is 3.13. The highest BCUT2D eigenvalue weighted by Gasteiger charge is 2.36. The molecule has 0 atom stereocenters. The summed E-state index contributed by atoms with van der Waals surface area (Å²) in [6.07, 6.45) is 0.586. The number of amides is 1. The van der Waals surface area contributed by atoms with Gasteiger partial charge in [-0.15, -0.1) is 0 Å². The van der Waals surface area contributed by atoms with Gasteiger partial charge in [0, 0.05) is 24.8 Å². The highest BCUT2D eigenvalue weighted by atomic mass is 32.2. The third-order valence-electron chi connectivity index (χ3n) is 4.39. The molecule has 146 valence electrons. The minimum absolute atomic E-state index is 0.00990. The summed E-state index contributed by atoms with van der Waals surface area (Å²) in [6.45, 7) is -0.0609. The number of aromatic amines is 1. The number of β-amino-alcohol motifs (C(OH)–C–C–N with tert-alkyl or cyclic N) is 1. The molecule has 0 aliphatic carbocycles. The topological polar surface area (TPSA) is 115 Å². The van der Waals surface area contributed by atoms with Crippen molar-refractivity contribution < 1.29 is 27.1 Å². The Kier molecular flexibility index (Phi) is 4.37. The van der Waals surface area contributed by atoms with Gasteiger partial charge in [0.1, 0.15) is 0 Å². The lowest BCUT2D eigenvalue weighted by Gasteiger charge is -2.34. The molecular formula is C17H14F2N4O4S. The maximum atomic E-state index is 13.4. The number of carbonyl (C=O) groups excluding carboxylic acids is 1. The maximum absolute atomic E-state index is 13.4. The smallest absolute Gasteiger partial charge is 0.257 e. The van der Waals surface area contributed by atoms with Crippen molar-refractivity contribution in [3.63, 3.8) is 0 Å². The van der Waals surface area contributed by atoms with Crippen LogP contribution in [0.1, 0.15) is 10.4 Å². The molecule has 11 heteroatoms. The van der Waals surface area contributed by atoms with Gasteiger partial charge in [-0.05, 0) is 24.3 Å². The van der Waals surface area contributed by atoms with Gasteiger partial charge in [-0.3, -0.25) is 4.79 Å². The SMILES string of the molecule is O=C(Nc1ccc(F)c(F)c1)c1cc(S(=O)(=O)N2CC(O)C2)cc2nc[nH]c12. The Morgan fingerprint density at radius 1 is 1.21 bits per heavy atom. The van der Waals surface area contributed by atoms with Gasteiger partial charge in [0.15, 0.2) is 11.6 Å². The van der Waals surface area contributed by atoms with Crippen LogP contribution in [-0.2, 0) is 10.0 Å². The molecule has 2 aromatic carbocycles. The second-order valence-electron chi connectivity index (χ2n) is 6.33. The van der Waals surface area contributed by atoms with Crippen LogP contribution >= 0.6 is 0 Å². The highest BCUT2D eigenvalue weighted by Crippen LogP contribution is 2.27. The normalized spacial score (nSPS) is 15.5. The molecule has 28 heavy (non-hydrogen) atoms. The van der Waals surface area contributed by atoms with Crippen LogP contribution in [0.15, 0.2) is 41.6 Å². The van der Waals surface area contributed by atoms with Crippen molar-refractivity contribution in [2.24, 2.45) is 0 Å². The average molecular weight is 408 g/mol. The summed E-state index contributed by atoms with van der Waals surface area (Å²) in [5.74, 6) is -2.91. The van der Waals surface area contributed by atoms with Crippen LogP contribution in [-0.4, -0.2) is 52.9 Å². The number of hydrogen-bond acceptors (Lipinski definition) is 5. The minimum atomic E-state index is -3.92. The lowest BCUT2D eigenvalue weighted by molar-refractivity contribution is 0.0548. The van der Waals surface area contributed by atoms with E-state index >= 15 is 0 Å². The molecule has 1 saturated heterocycles. The van der Waals surface area contributed by atoms with Crippen LogP contribution < -0.4 is 5.32 Å². The van der Waals surface area contributed by atoms with Crippen LogP contribution in [0.5, 0.6) is 0 Å². The predicted molar refractivity (Wildman–Crippen MR) is 95.2 cm³/mol. The van der Waals surface area contributed by atoms with E-state index in [0.717, 1.165) is 16.4 Å². The van der Waals surface area contributed by atoms with E-state index in [-0.39, 0.29) is 34.8 Å². The quantitative estimate of drug-likeness (QED) is 0.605. The number of nitrogens with one attached hydrogen (secondary N) is 2. The Morgan fingerprint density at radius 2 is 1.96 bits per heavy atom. The molecule has 0 unspecified atom stereocenters. The number of anilines is 1. The molecule has 0 saturated carbocycles. The largest absolute Gasteiger partial charge is 0.390 e. The van der Waals surface area contributed by atoms with Crippen LogP contribution in [0.3, 0.4) is 0 Å². The van der Waals surface area contributed by atoms with E-state index in [1.54, 1.807) is 0 Å². The van der Waals surface area contributed by atoms with Gasteiger partial charge in [-0.1, -0.05) is 0 Å². The number of fused-ring (bicyclic) bond motifs is 1. The zero-order chi connectivity index (χ0) is 20.1. The lowest BCUT2D eigenvalue weighted by atomic mass is 10.1. The van der Waals surface area contributed by atoms with E-state index in [1.807, 2.05) is 0 Å². The minimum Gasteiger partial charge on any atom is -0.390 e. The molecule has 1 aliphatic heterocycles. The monoisotopic (exact) mass is 408 g/mol. The Labute approximate surface area is 157 Å². The number of aromatic nitrogens is 2. The second kappa shape index (κ2) is 6.62. The molecule has 1 fully saturated rings. The molecule has 2 heterocycles. The standard InChI is InChI=1S/C17H14F2N4O4S/c18-13-2-1-9(3-14(13)19)22-17(25)12-4-11(5-15-16(12)21-8-20-15)28(26,27)23-6-10(24)7-23/h1-5,8,10,24H,6-7H2,(H,20,21)(H,22,25). The molecule has 1 aromatic heterocycles. The summed E-state index contributed by atoms with van der Waals surface area (Å²) in [6, 6.07) is 5.37. The first-order chi connectivity index (χ1) is 13.3. The second-order valence-corrected chi connectivity index (χ2v) is 8.26. The molecule has 4 rings (SSSR count). The number of carbonyl (C=O) groups is 1. The van der Waals surface area contributed by atoms with Crippen molar-refractivity contribution in [3.05, 3.63) is 53.9 Å². The van der Waals surface area contributed by atoms with Crippen molar-refractivity contribution in [3.8, 4) is 0 Å². The number of H-pyrrole nitrogens is 1. The zero-order valence-corrected chi connectivity index (χ0v) is 15.0. The van der Waals surface area contributed by atoms with Crippen molar-refractivity contribution in [1.82, 2.24) is 14.3 Å². The van der Waals surface area contributed by atoms with Gasteiger partial charge in [-0.2, -0.15) is 4.31 Å². The van der Waals surface area contributed by atoms with Crippen LogP contribution in [0.4, 0.5) is 14.5 Å². The Morgan fingerprint density at radius 3 is 2.64 bits per heavy atom. The number of halogens is 2. The van der Waals surface area contributed by atoms with Crippen molar-refractivity contribution in [1.29, 1.82) is 0 Å². The lowest BCUT2D eigenvalue weighted by Crippen LogP contribution is -2.53. The number of rotatable bonds is 4. The highest BCUT2D eigenvalue weighted by molar-refractivity contribution is 7.89. The molecule has 0 radical (unpaired) electrons. The maximum Gasteiger partial charge on any atom is 0.257 e. The van der Waals surface area contributed by atoms with Gasteiger partial charge < -0.3 is 15.4 Å². The summed E-state index contributed by atoms with van der Waals surface area (Å²) in [7, 11) is -3.92. The van der Waals surface area contributed by atoms with E-state index in [1.165, 1.54) is 24.5 Å². The Bertz CT molecular complexity index is 1190. The van der Waals surface area contributed by atoms with E-state index < -0.39 is 33.7 Å². The van der Waals surface area contributed by atoms with Gasteiger partial charge in [0.05, 0.1) is 33.9 Å². The summed E-state index contributed by atoms with van der Waals surface area (Å²) < 4.78 is 52.9. The summed E-state index contributed by atoms with van der Waals surface area (Å²) in [4.78, 5) is 19.3. The fourth-order valence-electron chi connectivity index (χ4n) is 2.88. The van der Waals surface area contributed by atoms with Gasteiger partial charge in [-0.25, -0.2) is 22.2 Å². The number of nitrogens with zero attached hydrogens (tertiary/aromatic N) is 2. The van der Waals surface area contributed by atoms with Crippen LogP contribution in [0.2, 0.25) is 0 Å². The zero-order valence-electron chi connectivity index (χ0n) is 14.2. The Hall–Kier alpha value is -2.89. The van der Waals surface area contributed by atoms with Crippen molar-refractivity contribution in [2.45, 2.75) is 11.0 Å². The fraction of sp³-hybridized carbons (Fsp3) is 0.176. The van der Waals surface area contributed by atoms with E-state index in [9.17, 15) is 27.1 Å². The van der Waals surface area contributed by atoms with Gasteiger partial charge in [0.2, 0.25) is 10.0 Å². The number of aliphatic hydroxyl groups is 1. The molecule has 3 aromatic rings. The van der Waals surface area contributed by atoms with Crippen molar-refractivity contribution in [2.75, 3.05) is 18.4 Å². The number of aliphatic hydroxyl groups excluding tert-OH is 1. The molecule has 0 spiro atoms. The van der Waals surface area contributed by atoms with Crippen LogP contribution in [0, 0.1) is 11.6 Å². The fourth-order valence-corrected chi connectivity index (χ4v) is 4.45. The number of hydrogen-bond donors (Lipinski definition) is 3. The number of benzene rings is 2. The summed E-state index contributed by atoms with van der Waals surface area (Å²) in [5.41, 5.74) is 0.523. The molecule has 0 bridgehead atoms. The molecule has 8 nitrogen and oxygen atoms in total. The summed E-state index contributed by atoms with van der Waals surface area (Å²) >= 11 is 0.